The number of anilines is 1. The summed E-state index contributed by atoms with van der Waals surface area (Å²) in [6.45, 7) is 6.92. The molecule has 0 aliphatic carbocycles. The van der Waals surface area contributed by atoms with Crippen molar-refractivity contribution in [1.82, 2.24) is 10.6 Å². The quantitative estimate of drug-likeness (QED) is 0.826. The highest BCUT2D eigenvalue weighted by atomic mass is 16.2. The van der Waals surface area contributed by atoms with E-state index < -0.39 is 6.04 Å². The van der Waals surface area contributed by atoms with Gasteiger partial charge in [-0.25, -0.2) is 0 Å². The van der Waals surface area contributed by atoms with Crippen molar-refractivity contribution in [3.8, 4) is 11.1 Å². The minimum Gasteiger partial charge on any atom is -0.372 e. The van der Waals surface area contributed by atoms with Gasteiger partial charge < -0.3 is 15.5 Å². The molecule has 0 unspecified atom stereocenters. The van der Waals surface area contributed by atoms with Crippen molar-refractivity contribution in [2.45, 2.75) is 32.7 Å². The van der Waals surface area contributed by atoms with Crippen LogP contribution in [0, 0.1) is 0 Å². The zero-order valence-electron chi connectivity index (χ0n) is 16.0. The lowest BCUT2D eigenvalue weighted by molar-refractivity contribution is -0.124. The largest absolute Gasteiger partial charge is 0.372 e. The van der Waals surface area contributed by atoms with Crippen LogP contribution in [-0.4, -0.2) is 37.5 Å². The molecular formula is C22H27N3O2. The number of benzene rings is 2. The third-order valence-electron chi connectivity index (χ3n) is 5.04. The van der Waals surface area contributed by atoms with Crippen molar-refractivity contribution in [1.29, 1.82) is 0 Å². The van der Waals surface area contributed by atoms with Gasteiger partial charge in [0.2, 0.25) is 5.91 Å². The Labute approximate surface area is 160 Å². The molecule has 1 atom stereocenters. The van der Waals surface area contributed by atoms with Crippen molar-refractivity contribution in [3.63, 3.8) is 0 Å². The first-order valence-electron chi connectivity index (χ1n) is 9.66. The van der Waals surface area contributed by atoms with Crippen LogP contribution >= 0.6 is 0 Å². The van der Waals surface area contributed by atoms with E-state index in [0.717, 1.165) is 30.6 Å². The maximum absolute atomic E-state index is 12.6. The molecule has 2 amide bonds. The van der Waals surface area contributed by atoms with Gasteiger partial charge in [0, 0.05) is 30.9 Å². The van der Waals surface area contributed by atoms with Gasteiger partial charge >= 0.3 is 0 Å². The molecule has 0 spiro atoms. The molecule has 0 aromatic heterocycles. The molecule has 2 aromatic carbocycles. The molecule has 3 rings (SSSR count). The van der Waals surface area contributed by atoms with E-state index in [1.165, 1.54) is 5.69 Å². The average molecular weight is 365 g/mol. The fourth-order valence-corrected chi connectivity index (χ4v) is 3.44. The molecule has 0 radical (unpaired) electrons. The van der Waals surface area contributed by atoms with Crippen LogP contribution in [0.4, 0.5) is 5.69 Å². The Morgan fingerprint density at radius 1 is 1.11 bits per heavy atom. The molecule has 27 heavy (non-hydrogen) atoms. The molecule has 1 fully saturated rings. The molecule has 142 valence electrons. The van der Waals surface area contributed by atoms with E-state index in [0.29, 0.717) is 18.5 Å². The van der Waals surface area contributed by atoms with Gasteiger partial charge in [0.15, 0.2) is 0 Å². The lowest BCUT2D eigenvalue weighted by Crippen LogP contribution is -2.50. The summed E-state index contributed by atoms with van der Waals surface area (Å²) in [5.41, 5.74) is 3.82. The van der Waals surface area contributed by atoms with Crippen LogP contribution in [0.2, 0.25) is 0 Å². The fourth-order valence-electron chi connectivity index (χ4n) is 3.44. The number of nitrogens with one attached hydrogen (secondary N) is 2. The normalized spacial score (nSPS) is 16.5. The highest BCUT2D eigenvalue weighted by Crippen LogP contribution is 2.24. The maximum atomic E-state index is 12.6. The number of nitrogens with zero attached hydrogens (tertiary/aromatic N) is 1. The van der Waals surface area contributed by atoms with E-state index in [1.807, 2.05) is 18.2 Å². The minimum absolute atomic E-state index is 0.0993. The van der Waals surface area contributed by atoms with E-state index in [9.17, 15) is 9.59 Å². The van der Waals surface area contributed by atoms with Crippen LogP contribution in [0.1, 0.15) is 37.0 Å². The molecular weight excluding hydrogens is 338 g/mol. The van der Waals surface area contributed by atoms with Gasteiger partial charge in [0.1, 0.15) is 6.04 Å². The van der Waals surface area contributed by atoms with Crippen LogP contribution < -0.4 is 15.5 Å². The third kappa shape index (κ3) is 4.48. The molecule has 5 nitrogen and oxygen atoms in total. The van der Waals surface area contributed by atoms with Crippen LogP contribution in [-0.2, 0) is 4.79 Å². The Morgan fingerprint density at radius 2 is 1.85 bits per heavy atom. The van der Waals surface area contributed by atoms with Crippen molar-refractivity contribution in [2.75, 3.05) is 24.5 Å². The molecule has 2 N–H and O–H groups in total. The molecule has 5 heteroatoms. The molecule has 2 aromatic rings. The van der Waals surface area contributed by atoms with Crippen LogP contribution in [0.5, 0.6) is 0 Å². The van der Waals surface area contributed by atoms with Gasteiger partial charge in [-0.15, -0.1) is 0 Å². The Hall–Kier alpha value is -2.82. The third-order valence-corrected chi connectivity index (χ3v) is 5.04. The van der Waals surface area contributed by atoms with E-state index in [2.05, 4.69) is 53.6 Å². The number of amides is 2. The zero-order chi connectivity index (χ0) is 19.2. The minimum atomic E-state index is -0.441. The standard InChI is InChI=1S/C22H27N3O2/c1-3-25(4-2)19-12-10-16(11-13-19)17-7-5-8-18(15-17)21(26)24-20-9-6-14-23-22(20)27/h5,7-8,10-13,15,20H,3-4,6,9,14H2,1-2H3,(H,23,27)(H,24,26)/t20-/m1/s1. The van der Waals surface area contributed by atoms with Gasteiger partial charge in [0.25, 0.3) is 5.91 Å². The summed E-state index contributed by atoms with van der Waals surface area (Å²) in [4.78, 5) is 26.7. The Bertz CT molecular complexity index is 797. The van der Waals surface area contributed by atoms with E-state index >= 15 is 0 Å². The number of hydrogen-bond acceptors (Lipinski definition) is 3. The SMILES string of the molecule is CCN(CC)c1ccc(-c2cccc(C(=O)N[C@@H]3CCCNC3=O)c2)cc1. The summed E-state index contributed by atoms with van der Waals surface area (Å²) < 4.78 is 0. The molecule has 1 aliphatic heterocycles. The van der Waals surface area contributed by atoms with Gasteiger partial charge in [0.05, 0.1) is 0 Å². The number of carbonyl (C=O) groups excluding carboxylic acids is 2. The highest BCUT2D eigenvalue weighted by molar-refractivity contribution is 5.98. The summed E-state index contributed by atoms with van der Waals surface area (Å²) in [5, 5.41) is 5.64. The van der Waals surface area contributed by atoms with Crippen molar-refractivity contribution < 1.29 is 9.59 Å². The number of hydrogen-bond donors (Lipinski definition) is 2. The predicted octanol–water partition coefficient (Wildman–Crippen LogP) is 3.21. The van der Waals surface area contributed by atoms with Crippen LogP contribution in [0.3, 0.4) is 0 Å². The number of piperidine rings is 1. The first kappa shape index (κ1) is 19.0. The number of carbonyl (C=O) groups is 2. The first-order valence-corrected chi connectivity index (χ1v) is 9.66. The summed E-state index contributed by atoms with van der Waals surface area (Å²) in [6.07, 6.45) is 1.57. The summed E-state index contributed by atoms with van der Waals surface area (Å²) >= 11 is 0. The van der Waals surface area contributed by atoms with Gasteiger partial charge in [-0.2, -0.15) is 0 Å². The average Bonchev–Trinajstić information content (AvgIpc) is 2.71. The molecule has 1 heterocycles. The van der Waals surface area contributed by atoms with Crippen molar-refractivity contribution in [2.24, 2.45) is 0 Å². The summed E-state index contributed by atoms with van der Waals surface area (Å²) in [5.74, 6) is -0.309. The van der Waals surface area contributed by atoms with Crippen LogP contribution in [0.25, 0.3) is 11.1 Å². The van der Waals surface area contributed by atoms with E-state index in [-0.39, 0.29) is 11.8 Å². The van der Waals surface area contributed by atoms with Crippen molar-refractivity contribution in [3.05, 3.63) is 54.1 Å². The van der Waals surface area contributed by atoms with Crippen LogP contribution in [0.15, 0.2) is 48.5 Å². The monoisotopic (exact) mass is 365 g/mol. The lowest BCUT2D eigenvalue weighted by Gasteiger charge is -2.23. The van der Waals surface area contributed by atoms with Gasteiger partial charge in [-0.05, 0) is 62.1 Å². The zero-order valence-corrected chi connectivity index (χ0v) is 16.0. The first-order chi connectivity index (χ1) is 13.1. The molecule has 0 bridgehead atoms. The second-order valence-electron chi connectivity index (χ2n) is 6.76. The Balaban J connectivity index is 1.75. The Morgan fingerprint density at radius 3 is 2.52 bits per heavy atom. The second kappa shape index (κ2) is 8.71. The number of rotatable bonds is 6. The Kier molecular flexibility index (Phi) is 6.12. The van der Waals surface area contributed by atoms with Gasteiger partial charge in [-0.1, -0.05) is 24.3 Å². The molecule has 1 saturated heterocycles. The van der Waals surface area contributed by atoms with Gasteiger partial charge in [-0.3, -0.25) is 9.59 Å². The summed E-state index contributed by atoms with van der Waals surface area (Å²) in [6, 6.07) is 15.5. The smallest absolute Gasteiger partial charge is 0.251 e. The fraction of sp³-hybridized carbons (Fsp3) is 0.364. The molecule has 0 saturated carbocycles. The molecule has 1 aliphatic rings. The second-order valence-corrected chi connectivity index (χ2v) is 6.76. The van der Waals surface area contributed by atoms with E-state index in [4.69, 9.17) is 0 Å². The topological polar surface area (TPSA) is 61.4 Å². The lowest BCUT2D eigenvalue weighted by atomic mass is 10.0. The van der Waals surface area contributed by atoms with Crippen molar-refractivity contribution >= 4 is 17.5 Å². The summed E-state index contributed by atoms with van der Waals surface area (Å²) in [7, 11) is 0. The highest BCUT2D eigenvalue weighted by Gasteiger charge is 2.24. The van der Waals surface area contributed by atoms with E-state index in [1.54, 1.807) is 6.07 Å². The predicted molar refractivity (Wildman–Crippen MR) is 109 cm³/mol. The maximum Gasteiger partial charge on any atom is 0.251 e.